The zero-order valence-electron chi connectivity index (χ0n) is 16.6. The highest BCUT2D eigenvalue weighted by Crippen LogP contribution is 2.29. The van der Waals surface area contributed by atoms with Crippen LogP contribution >= 0.6 is 0 Å². The molecule has 0 radical (unpaired) electrons. The third-order valence-corrected chi connectivity index (χ3v) is 7.22. The molecule has 0 saturated carbocycles. The molecule has 0 atom stereocenters. The van der Waals surface area contributed by atoms with Crippen LogP contribution in [-0.2, 0) is 28.1 Å². The van der Waals surface area contributed by atoms with Crippen LogP contribution in [0.1, 0.15) is 50.7 Å². The van der Waals surface area contributed by atoms with Crippen LogP contribution in [0.5, 0.6) is 0 Å². The zero-order valence-corrected chi connectivity index (χ0v) is 17.4. The Kier molecular flexibility index (Phi) is 5.87. The fourth-order valence-electron chi connectivity index (χ4n) is 3.75. The van der Waals surface area contributed by atoms with Gasteiger partial charge in [0.1, 0.15) is 11.6 Å². The summed E-state index contributed by atoms with van der Waals surface area (Å²) < 4.78 is 29.4. The number of aromatic nitrogens is 3. The summed E-state index contributed by atoms with van der Waals surface area (Å²) in [6.07, 6.45) is 2.35. The Balaban J connectivity index is 1.65. The predicted octanol–water partition coefficient (Wildman–Crippen LogP) is 0.652. The normalized spacial score (nSPS) is 19.7. The van der Waals surface area contributed by atoms with E-state index in [0.29, 0.717) is 31.3 Å². The molecule has 10 heteroatoms. The van der Waals surface area contributed by atoms with Crippen molar-refractivity contribution in [3.8, 4) is 0 Å². The van der Waals surface area contributed by atoms with E-state index >= 15 is 0 Å². The fraction of sp³-hybridized carbons (Fsp3) is 0.824. The molecule has 1 saturated heterocycles. The zero-order chi connectivity index (χ0) is 19.8. The predicted molar refractivity (Wildman–Crippen MR) is 101 cm³/mol. The van der Waals surface area contributed by atoms with Crippen molar-refractivity contribution in [2.75, 3.05) is 33.7 Å². The van der Waals surface area contributed by atoms with Crippen molar-refractivity contribution in [3.05, 3.63) is 11.6 Å². The number of likely N-dealkylation sites (tertiary alicyclic amines) is 1. The molecular weight excluding hydrogens is 368 g/mol. The van der Waals surface area contributed by atoms with E-state index in [1.165, 1.54) is 22.7 Å². The highest BCUT2D eigenvalue weighted by molar-refractivity contribution is 7.86. The third-order valence-electron chi connectivity index (χ3n) is 5.33. The Morgan fingerprint density at radius 3 is 2.41 bits per heavy atom. The molecule has 3 rings (SSSR count). The number of amides is 1. The Morgan fingerprint density at radius 1 is 1.15 bits per heavy atom. The van der Waals surface area contributed by atoms with Crippen molar-refractivity contribution in [1.82, 2.24) is 28.3 Å². The van der Waals surface area contributed by atoms with E-state index in [1.807, 2.05) is 4.90 Å². The van der Waals surface area contributed by atoms with E-state index in [-0.39, 0.29) is 18.4 Å². The van der Waals surface area contributed by atoms with Gasteiger partial charge in [-0.25, -0.2) is 0 Å². The van der Waals surface area contributed by atoms with Gasteiger partial charge in [-0.3, -0.25) is 4.79 Å². The van der Waals surface area contributed by atoms with Gasteiger partial charge < -0.3 is 9.47 Å². The molecule has 1 aromatic heterocycles. The maximum absolute atomic E-state index is 12.3. The Morgan fingerprint density at radius 2 is 1.81 bits per heavy atom. The van der Waals surface area contributed by atoms with Crippen LogP contribution < -0.4 is 0 Å². The summed E-state index contributed by atoms with van der Waals surface area (Å²) in [5.41, 5.74) is 0. The Hall–Kier alpha value is -1.52. The van der Waals surface area contributed by atoms with Crippen LogP contribution in [0.3, 0.4) is 0 Å². The molecule has 27 heavy (non-hydrogen) atoms. The van der Waals surface area contributed by atoms with Crippen molar-refractivity contribution in [2.45, 2.75) is 52.1 Å². The average molecular weight is 399 g/mol. The number of piperidine rings is 1. The lowest BCUT2D eigenvalue weighted by atomic mass is 9.95. The minimum atomic E-state index is -3.44. The van der Waals surface area contributed by atoms with Crippen LogP contribution in [0, 0.1) is 5.92 Å². The molecule has 9 nitrogen and oxygen atoms in total. The second-order valence-electron chi connectivity index (χ2n) is 8.00. The Bertz CT molecular complexity index is 781. The van der Waals surface area contributed by atoms with Crippen molar-refractivity contribution in [3.63, 3.8) is 0 Å². The van der Waals surface area contributed by atoms with Gasteiger partial charge in [0, 0.05) is 52.6 Å². The maximum atomic E-state index is 12.3. The molecule has 3 heterocycles. The lowest BCUT2D eigenvalue weighted by Gasteiger charge is -2.33. The molecule has 0 N–H and O–H groups in total. The van der Waals surface area contributed by atoms with Gasteiger partial charge in [0.15, 0.2) is 0 Å². The fourth-order valence-corrected chi connectivity index (χ4v) is 4.81. The molecule has 1 aromatic rings. The van der Waals surface area contributed by atoms with Gasteiger partial charge in [-0.1, -0.05) is 13.8 Å². The van der Waals surface area contributed by atoms with Crippen molar-refractivity contribution in [2.24, 2.45) is 5.92 Å². The molecule has 2 aliphatic heterocycles. The molecule has 2 aliphatic rings. The summed E-state index contributed by atoms with van der Waals surface area (Å²) in [7, 11) is -0.371. The highest BCUT2D eigenvalue weighted by Gasteiger charge is 2.33. The van der Waals surface area contributed by atoms with Gasteiger partial charge >= 0.3 is 0 Å². The van der Waals surface area contributed by atoms with Gasteiger partial charge in [-0.15, -0.1) is 10.2 Å². The Labute approximate surface area is 161 Å². The molecule has 1 fully saturated rings. The first-order valence-corrected chi connectivity index (χ1v) is 11.0. The van der Waals surface area contributed by atoms with Crippen molar-refractivity contribution >= 4 is 16.1 Å². The summed E-state index contributed by atoms with van der Waals surface area (Å²) in [6, 6.07) is 0. The number of carbonyl (C=O) groups excluding carboxylic acids is 1. The summed E-state index contributed by atoms with van der Waals surface area (Å²) in [5, 5.41) is 8.63. The summed E-state index contributed by atoms with van der Waals surface area (Å²) >= 11 is 0. The number of nitrogens with zero attached hydrogens (tertiary/aromatic N) is 6. The molecule has 0 aromatic carbocycles. The van der Waals surface area contributed by atoms with Crippen molar-refractivity contribution < 1.29 is 13.2 Å². The van der Waals surface area contributed by atoms with Crippen molar-refractivity contribution in [1.29, 1.82) is 0 Å². The second-order valence-corrected chi connectivity index (χ2v) is 10.1. The number of hydrogen-bond donors (Lipinski definition) is 0. The lowest BCUT2D eigenvalue weighted by Crippen LogP contribution is -2.44. The standard InChI is InChI=1S/C17H30N6O3S/c1-13(2)11-16(24)21-7-5-14(6-8-21)17-19-18-15-12-22(9-10-23(15)17)27(25,26)20(3)4/h13-14H,5-12H2,1-4H3. The largest absolute Gasteiger partial charge is 0.343 e. The van der Waals surface area contributed by atoms with Gasteiger partial charge in [-0.2, -0.15) is 17.0 Å². The van der Waals surface area contributed by atoms with E-state index in [2.05, 4.69) is 28.6 Å². The first-order valence-electron chi connectivity index (χ1n) is 9.57. The average Bonchev–Trinajstić information content (AvgIpc) is 3.04. The summed E-state index contributed by atoms with van der Waals surface area (Å²) in [5.74, 6) is 2.51. The highest BCUT2D eigenvalue weighted by atomic mass is 32.2. The number of carbonyl (C=O) groups is 1. The van der Waals surface area contributed by atoms with Crippen LogP contribution in [0.25, 0.3) is 0 Å². The minimum absolute atomic E-state index is 0.233. The van der Waals surface area contributed by atoms with Crippen LogP contribution in [0.2, 0.25) is 0 Å². The maximum Gasteiger partial charge on any atom is 0.281 e. The molecular formula is C17H30N6O3S. The number of rotatable bonds is 5. The lowest BCUT2D eigenvalue weighted by molar-refractivity contribution is -0.133. The molecule has 0 bridgehead atoms. The second kappa shape index (κ2) is 7.84. The van der Waals surface area contributed by atoms with E-state index in [9.17, 15) is 13.2 Å². The van der Waals surface area contributed by atoms with Gasteiger partial charge in [0.2, 0.25) is 5.91 Å². The van der Waals surface area contributed by atoms with E-state index < -0.39 is 10.2 Å². The molecule has 0 aliphatic carbocycles. The number of fused-ring (bicyclic) bond motifs is 1. The van der Waals surface area contributed by atoms with Gasteiger partial charge in [0.05, 0.1) is 6.54 Å². The third kappa shape index (κ3) is 4.17. The van der Waals surface area contributed by atoms with Gasteiger partial charge in [0.25, 0.3) is 10.2 Å². The summed E-state index contributed by atoms with van der Waals surface area (Å²) in [6.45, 7) is 6.86. The van der Waals surface area contributed by atoms with Crippen LogP contribution in [-0.4, -0.2) is 76.3 Å². The van der Waals surface area contributed by atoms with E-state index in [0.717, 1.165) is 31.8 Å². The quantitative estimate of drug-likeness (QED) is 0.726. The van der Waals surface area contributed by atoms with E-state index in [1.54, 1.807) is 0 Å². The molecule has 0 unspecified atom stereocenters. The SMILES string of the molecule is CC(C)CC(=O)N1CCC(c2nnc3n2CCN(S(=O)(=O)N(C)C)C3)CC1. The molecule has 1 amide bonds. The molecule has 152 valence electrons. The first-order chi connectivity index (χ1) is 12.7. The topological polar surface area (TPSA) is 91.6 Å². The van der Waals surface area contributed by atoms with Crippen LogP contribution in [0.15, 0.2) is 0 Å². The monoisotopic (exact) mass is 398 g/mol. The van der Waals surface area contributed by atoms with E-state index in [4.69, 9.17) is 0 Å². The smallest absolute Gasteiger partial charge is 0.281 e. The summed E-state index contributed by atoms with van der Waals surface area (Å²) in [4.78, 5) is 14.2. The first kappa shape index (κ1) is 20.2. The number of hydrogen-bond acceptors (Lipinski definition) is 5. The molecule has 0 spiro atoms. The minimum Gasteiger partial charge on any atom is -0.343 e. The van der Waals surface area contributed by atoms with Gasteiger partial charge in [-0.05, 0) is 18.8 Å². The van der Waals surface area contributed by atoms with Crippen LogP contribution in [0.4, 0.5) is 0 Å².